The van der Waals surface area contributed by atoms with Crippen LogP contribution in [0.3, 0.4) is 0 Å². The van der Waals surface area contributed by atoms with E-state index in [2.05, 4.69) is 85.1 Å². The van der Waals surface area contributed by atoms with Crippen molar-refractivity contribution in [2.45, 2.75) is 34.2 Å². The van der Waals surface area contributed by atoms with E-state index in [1.165, 1.54) is 27.8 Å². The van der Waals surface area contributed by atoms with E-state index in [0.29, 0.717) is 11.4 Å². The zero-order valence-corrected chi connectivity index (χ0v) is 25.9. The number of nitrogen functional groups attached to an aromatic ring is 2. The molecule has 6 rings (SSSR count). The minimum absolute atomic E-state index is 0.250. The highest BCUT2D eigenvalue weighted by Crippen LogP contribution is 2.26. The zero-order chi connectivity index (χ0) is 31.9. The lowest BCUT2D eigenvalue weighted by molar-refractivity contribution is 0.112. The van der Waals surface area contributed by atoms with Gasteiger partial charge >= 0.3 is 0 Å². The van der Waals surface area contributed by atoms with Crippen molar-refractivity contribution in [2.24, 2.45) is 0 Å². The lowest BCUT2D eigenvalue weighted by Gasteiger charge is -2.10. The first-order valence-electron chi connectivity index (χ1n) is 14.6. The van der Waals surface area contributed by atoms with Crippen molar-refractivity contribution in [3.05, 3.63) is 149 Å². The number of carbonyl (C=O) groups excluding carboxylic acids is 1. The molecule has 6 nitrogen and oxygen atoms in total. The molecule has 0 aliphatic rings. The molecule has 0 unspecified atom stereocenters. The monoisotopic (exact) mass is 586 g/mol. The summed E-state index contributed by atoms with van der Waals surface area (Å²) in [5.74, 6) is 1.02. The van der Waals surface area contributed by atoms with Crippen molar-refractivity contribution in [3.63, 3.8) is 0 Å². The summed E-state index contributed by atoms with van der Waals surface area (Å²) in [7, 11) is 0. The van der Waals surface area contributed by atoms with Gasteiger partial charge in [-0.25, -0.2) is 4.98 Å². The number of rotatable bonds is 4. The van der Waals surface area contributed by atoms with Gasteiger partial charge in [-0.05, 0) is 57.5 Å². The lowest BCUT2D eigenvalue weighted by Crippen LogP contribution is -2.02. The number of anilines is 2. The standard InChI is InChI=1S/C22H20N2.C8H8O.C6H8N2.C2H6O/c1-16-7-11-18(12-8-16)15-24-21-6-4-3-5-20(21)23-22(24)19-13-9-17(2)10-14-19;1-7-2-4-8(6-9)5-3-7;7-5-3-1-2-4-6(5)8;1-2-3/h3-14H,15H2,1-2H3;2-6H,1H3;1-4H,7-8H2;3H,2H2,1H3. The van der Waals surface area contributed by atoms with Crippen LogP contribution in [-0.2, 0) is 6.54 Å². The number of fused-ring (bicyclic) bond motifs is 1. The molecule has 5 aromatic carbocycles. The van der Waals surface area contributed by atoms with Crippen molar-refractivity contribution in [1.29, 1.82) is 0 Å². The van der Waals surface area contributed by atoms with E-state index in [4.69, 9.17) is 21.6 Å². The highest BCUT2D eigenvalue weighted by Gasteiger charge is 2.12. The summed E-state index contributed by atoms with van der Waals surface area (Å²) in [6.07, 6.45) is 0.847. The zero-order valence-electron chi connectivity index (χ0n) is 25.9. The van der Waals surface area contributed by atoms with Gasteiger partial charge in [-0.2, -0.15) is 0 Å². The molecule has 0 aliphatic carbocycles. The average Bonchev–Trinajstić information content (AvgIpc) is 3.40. The van der Waals surface area contributed by atoms with Crippen LogP contribution in [0.4, 0.5) is 11.4 Å². The molecule has 0 aliphatic heterocycles. The Hall–Kier alpha value is -5.20. The number of nitrogens with two attached hydrogens (primary N) is 2. The van der Waals surface area contributed by atoms with Gasteiger partial charge < -0.3 is 21.1 Å². The van der Waals surface area contributed by atoms with Crippen molar-refractivity contribution in [3.8, 4) is 11.4 Å². The van der Waals surface area contributed by atoms with Gasteiger partial charge in [-0.1, -0.05) is 114 Å². The fourth-order valence-corrected chi connectivity index (χ4v) is 4.19. The maximum Gasteiger partial charge on any atom is 0.150 e. The normalized spacial score (nSPS) is 9.93. The van der Waals surface area contributed by atoms with Gasteiger partial charge in [-0.3, -0.25) is 4.79 Å². The molecule has 0 bridgehead atoms. The van der Waals surface area contributed by atoms with Crippen molar-refractivity contribution in [2.75, 3.05) is 18.1 Å². The van der Waals surface area contributed by atoms with Crippen LogP contribution >= 0.6 is 0 Å². The predicted octanol–water partition coefficient (Wildman–Crippen LogP) is 8.03. The number of aryl methyl sites for hydroxylation is 3. The van der Waals surface area contributed by atoms with Gasteiger partial charge in [0.2, 0.25) is 0 Å². The number of hydrogen-bond donors (Lipinski definition) is 3. The van der Waals surface area contributed by atoms with E-state index < -0.39 is 0 Å². The molecular weight excluding hydrogens is 544 g/mol. The average molecular weight is 587 g/mol. The first-order chi connectivity index (χ1) is 21.2. The third-order valence-electron chi connectivity index (χ3n) is 6.64. The number of aromatic nitrogens is 2. The fourth-order valence-electron chi connectivity index (χ4n) is 4.19. The fraction of sp³-hybridized carbons (Fsp3) is 0.158. The molecule has 0 amide bonds. The van der Waals surface area contributed by atoms with E-state index in [0.717, 1.165) is 35.3 Å². The van der Waals surface area contributed by atoms with E-state index >= 15 is 0 Å². The maximum absolute atomic E-state index is 10.1. The highest BCUT2D eigenvalue weighted by molar-refractivity contribution is 5.81. The Morgan fingerprint density at radius 1 is 0.682 bits per heavy atom. The summed E-state index contributed by atoms with van der Waals surface area (Å²) in [5.41, 5.74) is 21.2. The molecule has 0 spiro atoms. The van der Waals surface area contributed by atoms with Gasteiger partial charge in [0.1, 0.15) is 12.1 Å². The molecule has 226 valence electrons. The molecule has 44 heavy (non-hydrogen) atoms. The largest absolute Gasteiger partial charge is 0.397 e. The van der Waals surface area contributed by atoms with Crippen molar-refractivity contribution < 1.29 is 9.90 Å². The molecule has 0 saturated carbocycles. The van der Waals surface area contributed by atoms with Crippen LogP contribution in [0.25, 0.3) is 22.4 Å². The summed E-state index contributed by atoms with van der Waals surface area (Å²) < 4.78 is 2.31. The lowest BCUT2D eigenvalue weighted by atomic mass is 10.1. The Labute approximate surface area is 260 Å². The third kappa shape index (κ3) is 9.96. The molecule has 1 aromatic heterocycles. The smallest absolute Gasteiger partial charge is 0.150 e. The Balaban J connectivity index is 0.000000216. The Kier molecular flexibility index (Phi) is 12.9. The number of carbonyl (C=O) groups is 1. The molecule has 5 N–H and O–H groups in total. The van der Waals surface area contributed by atoms with Gasteiger partial charge in [0.15, 0.2) is 0 Å². The number of hydrogen-bond acceptors (Lipinski definition) is 5. The highest BCUT2D eigenvalue weighted by atomic mass is 16.2. The van der Waals surface area contributed by atoms with Gasteiger partial charge in [-0.15, -0.1) is 0 Å². The number of benzene rings is 5. The number of aliphatic hydroxyl groups excluding tert-OH is 1. The molecular formula is C38H42N4O2. The summed E-state index contributed by atoms with van der Waals surface area (Å²) >= 11 is 0. The van der Waals surface area contributed by atoms with Crippen LogP contribution in [0, 0.1) is 20.8 Å². The molecule has 0 atom stereocenters. The first kappa shape index (κ1) is 33.3. The Morgan fingerprint density at radius 2 is 1.14 bits per heavy atom. The van der Waals surface area contributed by atoms with Crippen LogP contribution < -0.4 is 11.5 Å². The van der Waals surface area contributed by atoms with Crippen LogP contribution in [0.1, 0.15) is 39.5 Å². The second kappa shape index (κ2) is 17.0. The van der Waals surface area contributed by atoms with Gasteiger partial charge in [0, 0.05) is 24.3 Å². The topological polar surface area (TPSA) is 107 Å². The minimum atomic E-state index is 0.250. The Morgan fingerprint density at radius 3 is 1.64 bits per heavy atom. The van der Waals surface area contributed by atoms with E-state index in [9.17, 15) is 4.79 Å². The molecule has 6 aromatic rings. The summed E-state index contributed by atoms with van der Waals surface area (Å²) in [6.45, 7) is 8.98. The SMILES string of the molecule is CCO.Cc1ccc(C=O)cc1.Cc1ccc(Cn2c(-c3ccc(C)cc3)nc3ccccc32)cc1.Nc1ccccc1N. The van der Waals surface area contributed by atoms with Crippen LogP contribution in [0.15, 0.2) is 121 Å². The van der Waals surface area contributed by atoms with Gasteiger partial charge in [0.05, 0.1) is 22.4 Å². The van der Waals surface area contributed by atoms with Crippen molar-refractivity contribution in [1.82, 2.24) is 9.55 Å². The summed E-state index contributed by atoms with van der Waals surface area (Å²) in [5, 5.41) is 7.57. The van der Waals surface area contributed by atoms with Crippen LogP contribution in [0.2, 0.25) is 0 Å². The van der Waals surface area contributed by atoms with E-state index in [1.54, 1.807) is 19.1 Å². The molecule has 0 fully saturated rings. The number of nitrogens with zero attached hydrogens (tertiary/aromatic N) is 2. The number of imidazole rings is 1. The van der Waals surface area contributed by atoms with Crippen LogP contribution in [-0.4, -0.2) is 27.6 Å². The van der Waals surface area contributed by atoms with E-state index in [-0.39, 0.29) is 6.61 Å². The molecule has 0 saturated heterocycles. The minimum Gasteiger partial charge on any atom is -0.397 e. The first-order valence-corrected chi connectivity index (χ1v) is 14.6. The number of aliphatic hydroxyl groups is 1. The molecule has 6 heteroatoms. The van der Waals surface area contributed by atoms with E-state index in [1.807, 2.05) is 49.4 Å². The summed E-state index contributed by atoms with van der Waals surface area (Å²) in [4.78, 5) is 15.0. The van der Waals surface area contributed by atoms with Gasteiger partial charge in [0.25, 0.3) is 0 Å². The molecule has 1 heterocycles. The maximum atomic E-state index is 10.1. The van der Waals surface area contributed by atoms with Crippen molar-refractivity contribution >= 4 is 28.7 Å². The summed E-state index contributed by atoms with van der Waals surface area (Å²) in [6, 6.07) is 40.4. The van der Waals surface area contributed by atoms with Crippen LogP contribution in [0.5, 0.6) is 0 Å². The quantitative estimate of drug-likeness (QED) is 0.143. The number of para-hydroxylation sites is 4. The Bertz CT molecular complexity index is 1700. The second-order valence-corrected chi connectivity index (χ2v) is 10.3. The predicted molar refractivity (Wildman–Crippen MR) is 185 cm³/mol. The molecule has 0 radical (unpaired) electrons. The number of aldehydes is 1. The second-order valence-electron chi connectivity index (χ2n) is 10.3. The third-order valence-corrected chi connectivity index (χ3v) is 6.64.